The van der Waals surface area contributed by atoms with E-state index in [1.165, 1.54) is 11.9 Å². The van der Waals surface area contributed by atoms with E-state index in [1.807, 2.05) is 36.8 Å². The molecule has 2 aliphatic heterocycles. The highest BCUT2D eigenvalue weighted by Crippen LogP contribution is 2.31. The number of aromatic amines is 1. The summed E-state index contributed by atoms with van der Waals surface area (Å²) in [4.78, 5) is 47.5. The van der Waals surface area contributed by atoms with Crippen LogP contribution in [0.25, 0.3) is 22.1 Å². The van der Waals surface area contributed by atoms with Crippen molar-refractivity contribution in [3.8, 4) is 0 Å². The van der Waals surface area contributed by atoms with Gasteiger partial charge in [0.2, 0.25) is 0 Å². The van der Waals surface area contributed by atoms with E-state index < -0.39 is 0 Å². The molecule has 14 heteroatoms. The monoisotopic (exact) mass is 855 g/mol. The number of carbonyl (C=O) groups excluding carboxylic acids is 1. The van der Waals surface area contributed by atoms with E-state index in [9.17, 15) is 9.59 Å². The molecular formula is C48H78N12O2. The van der Waals surface area contributed by atoms with E-state index in [0.29, 0.717) is 65.2 Å². The number of hydrogen-bond donors (Lipinski definition) is 4. The van der Waals surface area contributed by atoms with Gasteiger partial charge in [0, 0.05) is 60.1 Å². The second-order valence-electron chi connectivity index (χ2n) is 18.1. The number of nitrogens with two attached hydrogens (primary N) is 2. The van der Waals surface area contributed by atoms with Gasteiger partial charge in [-0.25, -0.2) is 19.9 Å². The molecule has 1 amide bonds. The lowest BCUT2D eigenvalue weighted by Crippen LogP contribution is -2.41. The lowest BCUT2D eigenvalue weighted by Gasteiger charge is -2.32. The third kappa shape index (κ3) is 12.3. The number of aryl methyl sites for hydroxylation is 1. The number of fused-ring (bicyclic) bond motifs is 2. The molecule has 4 aromatic rings. The lowest BCUT2D eigenvalue weighted by molar-refractivity contribution is -0.118. The molecule has 0 atom stereocenters. The average Bonchev–Trinajstić information content (AvgIpc) is 3.73. The number of aliphatic imine (C=N–C) groups is 1. The molecule has 0 aliphatic carbocycles. The van der Waals surface area contributed by atoms with Crippen LogP contribution in [0.3, 0.4) is 0 Å². The van der Waals surface area contributed by atoms with Crippen molar-refractivity contribution < 1.29 is 4.79 Å². The van der Waals surface area contributed by atoms with E-state index in [4.69, 9.17) is 11.5 Å². The van der Waals surface area contributed by atoms with Crippen molar-refractivity contribution in [2.45, 2.75) is 161 Å². The number of rotatable bonds is 8. The molecule has 62 heavy (non-hydrogen) atoms. The second kappa shape index (κ2) is 21.9. The smallest absolute Gasteiger partial charge is 0.260 e. The first-order valence-corrected chi connectivity index (χ1v) is 21.6. The van der Waals surface area contributed by atoms with Crippen LogP contribution in [0.5, 0.6) is 0 Å². The largest absolute Gasteiger partial charge is 0.383 e. The highest BCUT2D eigenvalue weighted by atomic mass is 16.2. The minimum absolute atomic E-state index is 0. The number of nitrogens with one attached hydrogen (secondary N) is 2. The standard InChI is InChI=1S/C13H19N3O.C12H18N4.C11H19N3.C11H18N2O.CH4/c1-7(2)10-6-16(8(3)4)12-11(10)13(17)15-9(5)14-12;1-7(2)9-5-16(8(3)4)12-10(9)11(13)14-6-15-12;1-7(2)10-6-14(8(3)4)9(5)13-11(10)12;1-7(2)10-6-13(8(3)4)9(5)12-11(10)14;/h6-8H,1-5H3,(H,14,15,17);5-8H,1-4H3,(H2,13,14,15);6-8H,5H2,1-4H3,(H2,12,13);6-8H,5H2,1-4H3,(H,12,14);1H4. The van der Waals surface area contributed by atoms with Crippen LogP contribution in [-0.2, 0) is 4.79 Å². The Morgan fingerprint density at radius 3 is 1.58 bits per heavy atom. The minimum Gasteiger partial charge on any atom is -0.383 e. The fraction of sp³-hybridized carbons (Fsp3) is 0.542. The maximum atomic E-state index is 12.1. The minimum atomic E-state index is -0.0319. The van der Waals surface area contributed by atoms with Crippen LogP contribution < -0.4 is 22.3 Å². The molecule has 2 aliphatic rings. The van der Waals surface area contributed by atoms with Gasteiger partial charge in [0.05, 0.1) is 10.8 Å². The van der Waals surface area contributed by atoms with Gasteiger partial charge in [0.15, 0.2) is 0 Å². The summed E-state index contributed by atoms with van der Waals surface area (Å²) in [5.74, 6) is 4.59. The first-order chi connectivity index (χ1) is 28.3. The molecule has 0 fully saturated rings. The highest BCUT2D eigenvalue weighted by Gasteiger charge is 2.24. The number of carbonyl (C=O) groups is 1. The van der Waals surface area contributed by atoms with Gasteiger partial charge in [-0.05, 0) is 97.1 Å². The number of H-pyrrole nitrogens is 1. The highest BCUT2D eigenvalue weighted by molar-refractivity contribution is 5.98. The number of amidine groups is 1. The maximum absolute atomic E-state index is 12.1. The summed E-state index contributed by atoms with van der Waals surface area (Å²) in [6.45, 7) is 43.1. The summed E-state index contributed by atoms with van der Waals surface area (Å²) < 4.78 is 4.23. The molecule has 0 saturated carbocycles. The SMILES string of the molecule is C.C=C1N=C(N)C(C(C)C)=CN1C(C)C.C=C1NC(=O)C(C(C)C)=CN1C(C)C.CC(C)c1cn(C(C)C)c2ncnc(N)c12.Cc1nc2c(c(C(C)C)cn2C(C)C)c(=O)[nH]1. The first kappa shape index (κ1) is 52.5. The normalized spacial score (nSPS) is 14.3. The number of aromatic nitrogens is 6. The van der Waals surface area contributed by atoms with Crippen molar-refractivity contribution >= 4 is 39.6 Å². The predicted molar refractivity (Wildman–Crippen MR) is 261 cm³/mol. The zero-order valence-corrected chi connectivity index (χ0v) is 40.0. The zero-order valence-electron chi connectivity index (χ0n) is 40.0. The Hall–Kier alpha value is -5.66. The molecule has 6 rings (SSSR count). The van der Waals surface area contributed by atoms with Crippen LogP contribution in [0.15, 0.2) is 76.9 Å². The van der Waals surface area contributed by atoms with E-state index >= 15 is 0 Å². The van der Waals surface area contributed by atoms with Crippen molar-refractivity contribution in [3.05, 3.63) is 94.4 Å². The Kier molecular flexibility index (Phi) is 18.6. The molecule has 0 bridgehead atoms. The molecule has 6 heterocycles. The topological polar surface area (TPSA) is 181 Å². The van der Waals surface area contributed by atoms with Gasteiger partial charge in [-0.1, -0.05) is 76.0 Å². The summed E-state index contributed by atoms with van der Waals surface area (Å²) in [5.41, 5.74) is 17.7. The molecule has 0 saturated heterocycles. The van der Waals surface area contributed by atoms with Crippen LogP contribution in [0, 0.1) is 18.8 Å². The molecule has 6 N–H and O–H groups in total. The summed E-state index contributed by atoms with van der Waals surface area (Å²) in [6, 6.07) is 1.37. The number of nitrogen functional groups attached to an aromatic ring is 1. The number of nitrogens with zero attached hydrogens (tertiary/aromatic N) is 8. The van der Waals surface area contributed by atoms with E-state index in [1.54, 1.807) is 0 Å². The van der Waals surface area contributed by atoms with Gasteiger partial charge in [-0.15, -0.1) is 0 Å². The Labute approximate surface area is 371 Å². The van der Waals surface area contributed by atoms with Gasteiger partial charge in [-0.2, -0.15) is 0 Å². The quantitative estimate of drug-likeness (QED) is 0.134. The van der Waals surface area contributed by atoms with Crippen molar-refractivity contribution in [1.29, 1.82) is 0 Å². The van der Waals surface area contributed by atoms with E-state index in [-0.39, 0.29) is 24.8 Å². The van der Waals surface area contributed by atoms with Gasteiger partial charge in [0.25, 0.3) is 11.5 Å². The molecule has 0 unspecified atom stereocenters. The third-order valence-corrected chi connectivity index (χ3v) is 10.4. The van der Waals surface area contributed by atoms with Crippen molar-refractivity contribution in [2.24, 2.45) is 22.6 Å². The summed E-state index contributed by atoms with van der Waals surface area (Å²) in [6.07, 6.45) is 9.68. The zero-order chi connectivity index (χ0) is 46.4. The summed E-state index contributed by atoms with van der Waals surface area (Å²) in [7, 11) is 0. The number of amides is 1. The number of anilines is 1. The van der Waals surface area contributed by atoms with E-state index in [2.05, 4.69) is 168 Å². The van der Waals surface area contributed by atoms with Crippen LogP contribution in [0.2, 0.25) is 0 Å². The summed E-state index contributed by atoms with van der Waals surface area (Å²) >= 11 is 0. The average molecular weight is 855 g/mol. The van der Waals surface area contributed by atoms with Gasteiger partial charge >= 0.3 is 0 Å². The molecule has 0 spiro atoms. The third-order valence-electron chi connectivity index (χ3n) is 10.4. The Balaban J connectivity index is 0.000000284. The lowest BCUT2D eigenvalue weighted by atomic mass is 10.0. The molecule has 14 nitrogen and oxygen atoms in total. The molecule has 0 aromatic carbocycles. The first-order valence-electron chi connectivity index (χ1n) is 21.6. The van der Waals surface area contributed by atoms with E-state index in [0.717, 1.165) is 44.6 Å². The molecule has 0 radical (unpaired) electrons. The molecular weight excluding hydrogens is 777 g/mol. The van der Waals surface area contributed by atoms with Crippen molar-refractivity contribution in [1.82, 2.24) is 44.2 Å². The molecule has 4 aromatic heterocycles. The van der Waals surface area contributed by atoms with Gasteiger partial charge < -0.3 is 40.7 Å². The molecule has 342 valence electrons. The summed E-state index contributed by atoms with van der Waals surface area (Å²) in [5, 5.41) is 4.51. The maximum Gasteiger partial charge on any atom is 0.260 e. The fourth-order valence-electron chi connectivity index (χ4n) is 6.96. The Bertz CT molecular complexity index is 2330. The Morgan fingerprint density at radius 1 is 0.629 bits per heavy atom. The van der Waals surface area contributed by atoms with Crippen molar-refractivity contribution in [3.63, 3.8) is 0 Å². The van der Waals surface area contributed by atoms with Crippen LogP contribution in [0.4, 0.5) is 5.82 Å². The van der Waals surface area contributed by atoms with Crippen LogP contribution >= 0.6 is 0 Å². The van der Waals surface area contributed by atoms with Gasteiger partial charge in [0.1, 0.15) is 46.7 Å². The van der Waals surface area contributed by atoms with Crippen LogP contribution in [0.1, 0.15) is 159 Å². The van der Waals surface area contributed by atoms with Crippen LogP contribution in [-0.4, -0.2) is 62.7 Å². The Morgan fingerprint density at radius 2 is 1.11 bits per heavy atom. The predicted octanol–water partition coefficient (Wildman–Crippen LogP) is 10.0. The van der Waals surface area contributed by atoms with Crippen molar-refractivity contribution in [2.75, 3.05) is 5.73 Å². The second-order valence-corrected chi connectivity index (χ2v) is 18.1. The fourth-order valence-corrected chi connectivity index (χ4v) is 6.96. The van der Waals surface area contributed by atoms with Gasteiger partial charge in [-0.3, -0.25) is 9.59 Å². The number of hydrogen-bond acceptors (Lipinski definition) is 10.